The zero-order valence-electron chi connectivity index (χ0n) is 20.3. The maximum atomic E-state index is 13.5. The van der Waals surface area contributed by atoms with Crippen LogP contribution in [0.3, 0.4) is 0 Å². The first kappa shape index (κ1) is 23.6. The van der Waals surface area contributed by atoms with Gasteiger partial charge in [-0.25, -0.2) is 9.59 Å². The maximum Gasteiger partial charge on any atom is 0.410 e. The Hall–Kier alpha value is -4.12. The summed E-state index contributed by atoms with van der Waals surface area (Å²) in [5.41, 5.74) is 5.43. The Labute approximate surface area is 210 Å². The van der Waals surface area contributed by atoms with Crippen molar-refractivity contribution in [1.29, 1.82) is 0 Å². The molecule has 0 saturated heterocycles. The molecule has 5 heteroatoms. The second-order valence-electron chi connectivity index (χ2n) is 9.21. The van der Waals surface area contributed by atoms with E-state index in [1.165, 1.54) is 4.90 Å². The van der Waals surface area contributed by atoms with Crippen LogP contribution in [0.2, 0.25) is 0 Å². The standard InChI is InChI=1S/C31H29NO4/c1-2-10-29(30(33)34)32(19-22-13-9-12-21-11-3-4-14-23(21)22)31(35)36-20-28-26-17-7-5-15-24(26)25-16-6-8-18-27(25)28/h3-9,11-18,28-29H,2,10,19-20H2,1H3,(H,33,34). The number of aliphatic carboxylic acids is 1. The van der Waals surface area contributed by atoms with Crippen LogP contribution in [0.5, 0.6) is 0 Å². The normalized spacial score (nSPS) is 13.1. The van der Waals surface area contributed by atoms with Gasteiger partial charge in [0.2, 0.25) is 0 Å². The van der Waals surface area contributed by atoms with Crippen LogP contribution in [0.1, 0.15) is 42.4 Å². The number of hydrogen-bond acceptors (Lipinski definition) is 3. The fourth-order valence-corrected chi connectivity index (χ4v) is 5.28. The number of fused-ring (bicyclic) bond motifs is 4. The summed E-state index contributed by atoms with van der Waals surface area (Å²) >= 11 is 0. The van der Waals surface area contributed by atoms with Crippen molar-refractivity contribution >= 4 is 22.8 Å². The van der Waals surface area contributed by atoms with Gasteiger partial charge in [-0.15, -0.1) is 0 Å². The van der Waals surface area contributed by atoms with E-state index in [0.29, 0.717) is 12.8 Å². The van der Waals surface area contributed by atoms with Gasteiger partial charge in [-0.05, 0) is 45.0 Å². The molecule has 0 radical (unpaired) electrons. The first-order valence-electron chi connectivity index (χ1n) is 12.4. The van der Waals surface area contributed by atoms with Crippen molar-refractivity contribution in [1.82, 2.24) is 4.90 Å². The summed E-state index contributed by atoms with van der Waals surface area (Å²) in [7, 11) is 0. The van der Waals surface area contributed by atoms with Crippen LogP contribution >= 0.6 is 0 Å². The van der Waals surface area contributed by atoms with Crippen molar-refractivity contribution in [2.24, 2.45) is 0 Å². The van der Waals surface area contributed by atoms with Gasteiger partial charge in [-0.2, -0.15) is 0 Å². The van der Waals surface area contributed by atoms with Crippen LogP contribution < -0.4 is 0 Å². The molecule has 1 aliphatic carbocycles. The summed E-state index contributed by atoms with van der Waals surface area (Å²) in [4.78, 5) is 27.1. The maximum absolute atomic E-state index is 13.5. The van der Waals surface area contributed by atoms with E-state index in [-0.39, 0.29) is 19.1 Å². The number of hydrogen-bond donors (Lipinski definition) is 1. The van der Waals surface area contributed by atoms with Gasteiger partial charge >= 0.3 is 12.1 Å². The first-order chi connectivity index (χ1) is 17.6. The monoisotopic (exact) mass is 479 g/mol. The Kier molecular flexibility index (Phi) is 6.72. The number of carbonyl (C=O) groups excluding carboxylic acids is 1. The predicted molar refractivity (Wildman–Crippen MR) is 141 cm³/mol. The van der Waals surface area contributed by atoms with Crippen LogP contribution in [-0.4, -0.2) is 34.7 Å². The highest BCUT2D eigenvalue weighted by Gasteiger charge is 2.33. The number of carbonyl (C=O) groups is 2. The molecule has 1 amide bonds. The first-order valence-corrected chi connectivity index (χ1v) is 12.4. The topological polar surface area (TPSA) is 66.8 Å². The van der Waals surface area contributed by atoms with Gasteiger partial charge in [0.1, 0.15) is 12.6 Å². The zero-order valence-corrected chi connectivity index (χ0v) is 20.3. The molecule has 1 unspecified atom stereocenters. The molecule has 5 rings (SSSR count). The molecular weight excluding hydrogens is 450 g/mol. The molecule has 182 valence electrons. The van der Waals surface area contributed by atoms with Gasteiger partial charge < -0.3 is 9.84 Å². The van der Waals surface area contributed by atoms with E-state index in [1.807, 2.05) is 73.7 Å². The molecule has 1 N–H and O–H groups in total. The molecule has 0 bridgehead atoms. The van der Waals surface area contributed by atoms with E-state index >= 15 is 0 Å². The highest BCUT2D eigenvalue weighted by atomic mass is 16.6. The predicted octanol–water partition coefficient (Wildman–Crippen LogP) is 6.84. The van der Waals surface area contributed by atoms with E-state index < -0.39 is 18.1 Å². The summed E-state index contributed by atoms with van der Waals surface area (Å²) in [5, 5.41) is 12.0. The van der Waals surface area contributed by atoms with Crippen molar-refractivity contribution in [2.45, 2.75) is 38.3 Å². The fraction of sp³-hybridized carbons (Fsp3) is 0.226. The summed E-state index contributed by atoms with van der Waals surface area (Å²) in [6.45, 7) is 2.23. The number of carboxylic acids is 1. The Morgan fingerprint density at radius 2 is 1.47 bits per heavy atom. The van der Waals surface area contributed by atoms with Gasteiger partial charge in [-0.3, -0.25) is 4.90 Å². The molecule has 4 aromatic carbocycles. The van der Waals surface area contributed by atoms with Crippen molar-refractivity contribution in [3.63, 3.8) is 0 Å². The highest BCUT2D eigenvalue weighted by molar-refractivity contribution is 5.86. The smallest absolute Gasteiger partial charge is 0.410 e. The van der Waals surface area contributed by atoms with Gasteiger partial charge in [0, 0.05) is 5.92 Å². The Morgan fingerprint density at radius 1 is 0.861 bits per heavy atom. The SMILES string of the molecule is CCCC(C(=O)O)N(Cc1cccc2ccccc12)C(=O)OCC1c2ccccc2-c2ccccc21. The molecule has 4 aromatic rings. The number of carboxylic acid groups (broad SMARTS) is 1. The zero-order chi connectivity index (χ0) is 25.1. The average molecular weight is 480 g/mol. The molecule has 0 spiro atoms. The van der Waals surface area contributed by atoms with Crippen LogP contribution in [-0.2, 0) is 16.1 Å². The van der Waals surface area contributed by atoms with Gasteiger partial charge in [-0.1, -0.05) is 104 Å². The Morgan fingerprint density at radius 3 is 2.14 bits per heavy atom. The number of ether oxygens (including phenoxy) is 1. The molecule has 1 atom stereocenters. The lowest BCUT2D eigenvalue weighted by Gasteiger charge is -2.29. The lowest BCUT2D eigenvalue weighted by molar-refractivity contribution is -0.143. The number of amides is 1. The minimum Gasteiger partial charge on any atom is -0.480 e. The van der Waals surface area contributed by atoms with E-state index in [1.54, 1.807) is 0 Å². The minimum atomic E-state index is -1.02. The molecule has 0 saturated carbocycles. The second kappa shape index (κ2) is 10.2. The average Bonchev–Trinajstić information content (AvgIpc) is 3.23. The van der Waals surface area contributed by atoms with E-state index in [9.17, 15) is 14.7 Å². The largest absolute Gasteiger partial charge is 0.480 e. The molecular formula is C31H29NO4. The number of benzene rings is 4. The number of rotatable bonds is 8. The van der Waals surface area contributed by atoms with Gasteiger partial charge in [0.15, 0.2) is 0 Å². The van der Waals surface area contributed by atoms with Gasteiger partial charge in [0.25, 0.3) is 0 Å². The van der Waals surface area contributed by atoms with Crippen molar-refractivity contribution in [3.8, 4) is 11.1 Å². The van der Waals surface area contributed by atoms with E-state index in [2.05, 4.69) is 24.3 Å². The summed E-state index contributed by atoms with van der Waals surface area (Å²) in [6, 6.07) is 29.2. The molecule has 0 aliphatic heterocycles. The lowest BCUT2D eigenvalue weighted by atomic mass is 9.98. The second-order valence-corrected chi connectivity index (χ2v) is 9.21. The third-order valence-electron chi connectivity index (χ3n) is 7.01. The van der Waals surface area contributed by atoms with Gasteiger partial charge in [0.05, 0.1) is 6.54 Å². The molecule has 5 nitrogen and oxygen atoms in total. The van der Waals surface area contributed by atoms with Crippen LogP contribution in [0.15, 0.2) is 91.0 Å². The van der Waals surface area contributed by atoms with Crippen LogP contribution in [0.4, 0.5) is 4.79 Å². The molecule has 1 aliphatic rings. The molecule has 0 fully saturated rings. The molecule has 36 heavy (non-hydrogen) atoms. The third kappa shape index (κ3) is 4.44. The fourth-order valence-electron chi connectivity index (χ4n) is 5.28. The highest BCUT2D eigenvalue weighted by Crippen LogP contribution is 2.44. The lowest BCUT2D eigenvalue weighted by Crippen LogP contribution is -2.45. The quantitative estimate of drug-likeness (QED) is 0.300. The third-order valence-corrected chi connectivity index (χ3v) is 7.01. The summed E-state index contributed by atoms with van der Waals surface area (Å²) < 4.78 is 5.89. The number of nitrogens with zero attached hydrogens (tertiary/aromatic N) is 1. The van der Waals surface area contributed by atoms with Crippen molar-refractivity contribution < 1.29 is 19.4 Å². The Balaban J connectivity index is 1.43. The molecule has 0 heterocycles. The Bertz CT molecular complexity index is 1360. The summed E-state index contributed by atoms with van der Waals surface area (Å²) in [6.07, 6.45) is 0.384. The van der Waals surface area contributed by atoms with Crippen LogP contribution in [0.25, 0.3) is 21.9 Å². The minimum absolute atomic E-state index is 0.0878. The van der Waals surface area contributed by atoms with Crippen molar-refractivity contribution in [2.75, 3.05) is 6.61 Å². The van der Waals surface area contributed by atoms with Crippen molar-refractivity contribution in [3.05, 3.63) is 108 Å². The van der Waals surface area contributed by atoms with E-state index in [0.717, 1.165) is 38.6 Å². The molecule has 0 aromatic heterocycles. The summed E-state index contributed by atoms with van der Waals surface area (Å²) in [5.74, 6) is -1.11. The van der Waals surface area contributed by atoms with Crippen LogP contribution in [0, 0.1) is 0 Å². The van der Waals surface area contributed by atoms with E-state index in [4.69, 9.17) is 4.74 Å².